The molecule has 0 radical (unpaired) electrons. The molecule has 10 heteroatoms. The average Bonchev–Trinajstić information content (AvgIpc) is 3.36. The molecule has 5 rings (SSSR count). The molecule has 32 heavy (non-hydrogen) atoms. The molecule has 0 aliphatic heterocycles. The van der Waals surface area contributed by atoms with Crippen LogP contribution in [-0.2, 0) is 23.4 Å². The number of aromatic nitrogens is 6. The first-order chi connectivity index (χ1) is 15.2. The molecule has 0 bridgehead atoms. The van der Waals surface area contributed by atoms with Crippen LogP contribution in [0.1, 0.15) is 11.4 Å². The third-order valence-electron chi connectivity index (χ3n) is 5.51. The lowest BCUT2D eigenvalue weighted by atomic mass is 10.1. The van der Waals surface area contributed by atoms with Gasteiger partial charge in [0.05, 0.1) is 23.3 Å². The van der Waals surface area contributed by atoms with Crippen LogP contribution in [0.25, 0.3) is 33.5 Å². The Kier molecular flexibility index (Phi) is 4.48. The minimum absolute atomic E-state index is 0.110. The number of hydrogen-bond acceptors (Lipinski definition) is 6. The summed E-state index contributed by atoms with van der Waals surface area (Å²) < 4.78 is 26.9. The Balaban J connectivity index is 1.62. The third-order valence-corrected chi connectivity index (χ3v) is 6.64. The summed E-state index contributed by atoms with van der Waals surface area (Å²) in [6, 6.07) is 8.63. The van der Waals surface area contributed by atoms with Gasteiger partial charge < -0.3 is 14.1 Å². The summed E-state index contributed by atoms with van der Waals surface area (Å²) >= 11 is 0. The van der Waals surface area contributed by atoms with E-state index in [9.17, 15) is 13.2 Å². The number of aromatic amines is 1. The first-order valence-electron chi connectivity index (χ1n) is 9.88. The topological polar surface area (TPSA) is 116 Å². The van der Waals surface area contributed by atoms with Crippen LogP contribution >= 0.6 is 0 Å². The minimum atomic E-state index is -3.25. The van der Waals surface area contributed by atoms with E-state index in [1.165, 1.54) is 10.8 Å². The molecule has 0 fully saturated rings. The van der Waals surface area contributed by atoms with Crippen molar-refractivity contribution < 1.29 is 8.42 Å². The fraction of sp³-hybridized carbons (Fsp3) is 0.182. The van der Waals surface area contributed by atoms with Crippen molar-refractivity contribution in [1.29, 1.82) is 0 Å². The van der Waals surface area contributed by atoms with Crippen LogP contribution < -0.4 is 5.56 Å². The maximum Gasteiger partial charge on any atom is 0.274 e. The van der Waals surface area contributed by atoms with Gasteiger partial charge in [-0.05, 0) is 30.7 Å². The zero-order chi connectivity index (χ0) is 22.6. The van der Waals surface area contributed by atoms with Crippen LogP contribution in [-0.4, -0.2) is 43.7 Å². The highest BCUT2D eigenvalue weighted by Crippen LogP contribution is 2.26. The van der Waals surface area contributed by atoms with Gasteiger partial charge in [-0.15, -0.1) is 0 Å². The third kappa shape index (κ3) is 3.28. The number of sulfone groups is 1. The van der Waals surface area contributed by atoms with Gasteiger partial charge in [-0.25, -0.2) is 23.4 Å². The summed E-state index contributed by atoms with van der Waals surface area (Å²) in [6.07, 6.45) is 6.33. The van der Waals surface area contributed by atoms with Gasteiger partial charge in [0.2, 0.25) is 0 Å². The van der Waals surface area contributed by atoms with E-state index >= 15 is 0 Å². The Morgan fingerprint density at radius 2 is 1.84 bits per heavy atom. The lowest BCUT2D eigenvalue weighted by Gasteiger charge is -2.09. The van der Waals surface area contributed by atoms with Crippen LogP contribution in [0.3, 0.4) is 0 Å². The van der Waals surface area contributed by atoms with E-state index in [0.29, 0.717) is 29.0 Å². The van der Waals surface area contributed by atoms with Gasteiger partial charge in [0.15, 0.2) is 21.1 Å². The largest absolute Gasteiger partial charge is 0.357 e. The lowest BCUT2D eigenvalue weighted by molar-refractivity contribution is 0.602. The van der Waals surface area contributed by atoms with Crippen LogP contribution in [0.15, 0.2) is 58.6 Å². The molecule has 162 valence electrons. The summed E-state index contributed by atoms with van der Waals surface area (Å²) in [6.45, 7) is 2.35. The molecule has 0 unspecified atom stereocenters. The maximum absolute atomic E-state index is 12.4. The second-order valence-corrected chi connectivity index (χ2v) is 9.80. The highest BCUT2D eigenvalue weighted by atomic mass is 32.2. The summed E-state index contributed by atoms with van der Waals surface area (Å²) in [5, 5.41) is 0.779. The molecular formula is C22H20N6O3S. The van der Waals surface area contributed by atoms with Crippen molar-refractivity contribution in [3.05, 3.63) is 70.7 Å². The quantitative estimate of drug-likeness (QED) is 0.451. The summed E-state index contributed by atoms with van der Waals surface area (Å²) in [5.74, 6) is 0.747. The number of hydrogen-bond donors (Lipinski definition) is 1. The summed E-state index contributed by atoms with van der Waals surface area (Å²) in [4.78, 5) is 29.5. The van der Waals surface area contributed by atoms with Crippen molar-refractivity contribution in [3.8, 4) is 11.3 Å². The van der Waals surface area contributed by atoms with Crippen molar-refractivity contribution in [1.82, 2.24) is 29.1 Å². The first-order valence-corrected chi connectivity index (χ1v) is 11.8. The zero-order valence-corrected chi connectivity index (χ0v) is 18.5. The molecule has 0 aliphatic carbocycles. The van der Waals surface area contributed by atoms with Crippen LogP contribution in [0.2, 0.25) is 0 Å². The van der Waals surface area contributed by atoms with Crippen LogP contribution in [0.5, 0.6) is 0 Å². The number of pyridine rings is 1. The number of imidazole rings is 1. The summed E-state index contributed by atoms with van der Waals surface area (Å²) in [7, 11) is -1.55. The number of rotatable bonds is 4. The van der Waals surface area contributed by atoms with Gasteiger partial charge >= 0.3 is 0 Å². The minimum Gasteiger partial charge on any atom is -0.357 e. The monoisotopic (exact) mass is 448 g/mol. The lowest BCUT2D eigenvalue weighted by Crippen LogP contribution is -2.16. The molecule has 0 aliphatic rings. The Morgan fingerprint density at radius 1 is 1.09 bits per heavy atom. The molecule has 0 amide bonds. The maximum atomic E-state index is 12.4. The van der Waals surface area contributed by atoms with Crippen molar-refractivity contribution in [2.24, 2.45) is 7.05 Å². The SMILES string of the molecule is Cc1nc2ncc(-c3cn(C)c(=O)c4[nH]ccc34)nc2n1Cc1ccc(S(C)(=O)=O)cc1. The molecule has 0 saturated heterocycles. The van der Waals surface area contributed by atoms with E-state index in [1.807, 2.05) is 17.6 Å². The Bertz CT molecular complexity index is 1660. The molecule has 4 heterocycles. The average molecular weight is 449 g/mol. The highest BCUT2D eigenvalue weighted by Gasteiger charge is 2.16. The number of fused-ring (bicyclic) bond motifs is 2. The normalized spacial score (nSPS) is 12.1. The molecule has 4 aromatic heterocycles. The highest BCUT2D eigenvalue weighted by molar-refractivity contribution is 7.90. The predicted octanol–water partition coefficient (Wildman–Crippen LogP) is 2.43. The van der Waals surface area contributed by atoms with E-state index in [0.717, 1.165) is 22.3 Å². The van der Waals surface area contributed by atoms with Crippen molar-refractivity contribution in [2.45, 2.75) is 18.4 Å². The molecule has 1 N–H and O–H groups in total. The van der Waals surface area contributed by atoms with Crippen molar-refractivity contribution >= 4 is 32.0 Å². The van der Waals surface area contributed by atoms with E-state index in [1.54, 1.807) is 49.9 Å². The van der Waals surface area contributed by atoms with Gasteiger partial charge in [-0.2, -0.15) is 0 Å². The van der Waals surface area contributed by atoms with E-state index < -0.39 is 9.84 Å². The van der Waals surface area contributed by atoms with Gasteiger partial charge in [-0.3, -0.25) is 4.79 Å². The summed E-state index contributed by atoms with van der Waals surface area (Å²) in [5.41, 5.74) is 3.89. The van der Waals surface area contributed by atoms with Gasteiger partial charge in [-0.1, -0.05) is 12.1 Å². The first kappa shape index (κ1) is 20.1. The second-order valence-electron chi connectivity index (χ2n) is 7.79. The zero-order valence-electron chi connectivity index (χ0n) is 17.7. The van der Waals surface area contributed by atoms with Crippen molar-refractivity contribution in [2.75, 3.05) is 6.26 Å². The molecule has 0 saturated carbocycles. The standard InChI is InChI=1S/C22H20N6O3S/c1-13-25-20-21(28(13)11-14-4-6-15(7-5-14)32(3,30)31)26-18(10-24-20)17-12-27(2)22(29)19-16(17)8-9-23-19/h4-10,12,23H,11H2,1-3H3. The van der Waals surface area contributed by atoms with Gasteiger partial charge in [0, 0.05) is 36.6 Å². The molecule has 0 spiro atoms. The van der Waals surface area contributed by atoms with Crippen LogP contribution in [0, 0.1) is 6.92 Å². The van der Waals surface area contributed by atoms with Crippen LogP contribution in [0.4, 0.5) is 0 Å². The molecule has 0 atom stereocenters. The van der Waals surface area contributed by atoms with Gasteiger partial charge in [0.25, 0.3) is 5.56 Å². The number of benzene rings is 1. The molecule has 9 nitrogen and oxygen atoms in total. The Morgan fingerprint density at radius 3 is 2.56 bits per heavy atom. The number of H-pyrrole nitrogens is 1. The fourth-order valence-electron chi connectivity index (χ4n) is 3.82. The second kappa shape index (κ2) is 7.13. The Hall–Kier alpha value is -3.79. The van der Waals surface area contributed by atoms with Gasteiger partial charge in [0.1, 0.15) is 11.3 Å². The molecule has 5 aromatic rings. The number of aryl methyl sites for hydroxylation is 2. The van der Waals surface area contributed by atoms with E-state index in [-0.39, 0.29) is 10.5 Å². The smallest absolute Gasteiger partial charge is 0.274 e. The Labute approximate surface area is 183 Å². The number of nitrogens with zero attached hydrogens (tertiary/aromatic N) is 5. The van der Waals surface area contributed by atoms with Crippen molar-refractivity contribution in [3.63, 3.8) is 0 Å². The fourth-order valence-corrected chi connectivity index (χ4v) is 4.45. The predicted molar refractivity (Wildman–Crippen MR) is 121 cm³/mol. The molecule has 1 aromatic carbocycles. The molecular weight excluding hydrogens is 428 g/mol. The number of nitrogens with one attached hydrogen (secondary N) is 1. The van der Waals surface area contributed by atoms with E-state index in [2.05, 4.69) is 15.0 Å². The van der Waals surface area contributed by atoms with E-state index in [4.69, 9.17) is 4.98 Å².